The van der Waals surface area contributed by atoms with E-state index in [2.05, 4.69) is 141 Å². The molecule has 0 spiro atoms. The molecule has 0 aliphatic carbocycles. The summed E-state index contributed by atoms with van der Waals surface area (Å²) in [5, 5.41) is 8.86. The van der Waals surface area contributed by atoms with Crippen LogP contribution in [0.1, 0.15) is 0 Å². The summed E-state index contributed by atoms with van der Waals surface area (Å²) >= 11 is 0. The van der Waals surface area contributed by atoms with Gasteiger partial charge in [0, 0.05) is 99.4 Å². The molecule has 378 valence electrons. The zero-order valence-corrected chi connectivity index (χ0v) is 44.9. The Kier molecular flexibility index (Phi) is 20.1. The van der Waals surface area contributed by atoms with Gasteiger partial charge in [-0.1, -0.05) is 157 Å². The van der Waals surface area contributed by atoms with Crippen molar-refractivity contribution < 1.29 is 57.8 Å². The van der Waals surface area contributed by atoms with Crippen molar-refractivity contribution in [1.29, 1.82) is 0 Å². The minimum atomic E-state index is -0.649. The second-order valence-corrected chi connectivity index (χ2v) is 16.2. The molecule has 8 aromatic carbocycles. The molecule has 0 saturated carbocycles. The van der Waals surface area contributed by atoms with Crippen molar-refractivity contribution in [3.63, 3.8) is 0 Å². The van der Waals surface area contributed by atoms with Crippen LogP contribution in [0, 0.1) is 47.5 Å². The SMILES string of the molecule is Fc1c[c-]c(-c2ccccn2)c(F)c1.Fc1c[c-]c(-c2ccccn2)c(F)c1.[Ir].[Ir].[c-]1ccccc1-n1cc(-c2ccc(-c3ccccc3)cc2)cn1.[c-]1ccccc1-n1cc(-c2ccc(-c3ccccc3)cc2)cn1. The van der Waals surface area contributed by atoms with E-state index in [1.165, 1.54) is 22.3 Å². The summed E-state index contributed by atoms with van der Waals surface area (Å²) in [6, 6.07) is 79.0. The van der Waals surface area contributed by atoms with Gasteiger partial charge in [-0.05, 0) is 68.3 Å². The van der Waals surface area contributed by atoms with Crippen LogP contribution >= 0.6 is 0 Å². The predicted octanol–water partition coefficient (Wildman–Crippen LogP) is 15.7. The van der Waals surface area contributed by atoms with Crippen LogP contribution in [0.15, 0.2) is 256 Å². The maximum Gasteiger partial charge on any atom is 0.0571 e. The van der Waals surface area contributed by atoms with Gasteiger partial charge >= 0.3 is 0 Å². The van der Waals surface area contributed by atoms with Crippen LogP contribution < -0.4 is 0 Å². The summed E-state index contributed by atoms with van der Waals surface area (Å²) in [6.45, 7) is 0. The van der Waals surface area contributed by atoms with Crippen molar-refractivity contribution in [1.82, 2.24) is 29.5 Å². The fourth-order valence-electron chi connectivity index (χ4n) is 7.54. The molecular weight excluding hydrogens is 1310 g/mol. The molecule has 12 heteroatoms. The van der Waals surface area contributed by atoms with E-state index < -0.39 is 23.3 Å². The summed E-state index contributed by atoms with van der Waals surface area (Å²) in [4.78, 5) is 7.89. The van der Waals surface area contributed by atoms with Crippen LogP contribution in [-0.2, 0) is 40.2 Å². The largest absolute Gasteiger partial charge is 0.305 e. The van der Waals surface area contributed by atoms with E-state index >= 15 is 0 Å². The third-order valence-electron chi connectivity index (χ3n) is 11.3. The van der Waals surface area contributed by atoms with Crippen LogP contribution in [0.2, 0.25) is 0 Å². The van der Waals surface area contributed by atoms with Gasteiger partial charge in [0.1, 0.15) is 0 Å². The summed E-state index contributed by atoms with van der Waals surface area (Å²) in [7, 11) is 0. The van der Waals surface area contributed by atoms with Gasteiger partial charge in [-0.2, -0.15) is 58.7 Å². The van der Waals surface area contributed by atoms with Crippen molar-refractivity contribution in [2.45, 2.75) is 0 Å². The van der Waals surface area contributed by atoms with Gasteiger partial charge in [-0.25, -0.2) is 0 Å². The number of aromatic nitrogens is 6. The molecule has 0 N–H and O–H groups in total. The molecule has 0 amide bonds. The molecule has 0 unspecified atom stereocenters. The van der Waals surface area contributed by atoms with Crippen LogP contribution in [0.4, 0.5) is 17.6 Å². The maximum atomic E-state index is 13.2. The first-order valence-electron chi connectivity index (χ1n) is 23.3. The minimum absolute atomic E-state index is 0. The fraction of sp³-hybridized carbons (Fsp3) is 0. The summed E-state index contributed by atoms with van der Waals surface area (Å²) < 4.78 is 55.3. The third kappa shape index (κ3) is 14.8. The smallest absolute Gasteiger partial charge is 0.0571 e. The second kappa shape index (κ2) is 27.7. The Morgan fingerprint density at radius 2 is 0.684 bits per heavy atom. The Morgan fingerprint density at radius 1 is 0.342 bits per heavy atom. The number of benzene rings is 8. The predicted molar refractivity (Wildman–Crippen MR) is 283 cm³/mol. The van der Waals surface area contributed by atoms with Crippen molar-refractivity contribution in [2.75, 3.05) is 0 Å². The Bertz CT molecular complexity index is 3380. The molecule has 76 heavy (non-hydrogen) atoms. The quantitative estimate of drug-likeness (QED) is 0.112. The Hall–Kier alpha value is -8.50. The molecule has 0 aliphatic rings. The molecular formula is C64H42F4Ir2N6-4. The number of rotatable bonds is 8. The molecule has 4 heterocycles. The van der Waals surface area contributed by atoms with Crippen molar-refractivity contribution in [3.8, 4) is 78.4 Å². The number of nitrogens with zero attached hydrogens (tertiary/aromatic N) is 6. The molecule has 2 radical (unpaired) electrons. The number of para-hydroxylation sites is 2. The maximum absolute atomic E-state index is 13.2. The van der Waals surface area contributed by atoms with E-state index in [0.29, 0.717) is 11.4 Å². The van der Waals surface area contributed by atoms with Gasteiger partial charge in [0.15, 0.2) is 0 Å². The average Bonchev–Trinajstić information content (AvgIpc) is 4.18. The van der Waals surface area contributed by atoms with Gasteiger partial charge in [-0.3, -0.25) is 26.9 Å². The van der Waals surface area contributed by atoms with Crippen molar-refractivity contribution >= 4 is 0 Å². The molecule has 12 aromatic rings. The number of hydrogen-bond acceptors (Lipinski definition) is 4. The molecule has 0 aliphatic heterocycles. The van der Waals surface area contributed by atoms with Gasteiger partial charge in [0.05, 0.1) is 12.4 Å². The topological polar surface area (TPSA) is 61.4 Å². The zero-order chi connectivity index (χ0) is 50.9. The number of hydrogen-bond donors (Lipinski definition) is 0. The van der Waals surface area contributed by atoms with E-state index in [1.807, 2.05) is 94.8 Å². The summed E-state index contributed by atoms with van der Waals surface area (Å²) in [5.74, 6) is -2.57. The van der Waals surface area contributed by atoms with E-state index in [1.54, 1.807) is 48.8 Å². The normalized spacial score (nSPS) is 10.2. The van der Waals surface area contributed by atoms with Gasteiger partial charge in [-0.15, -0.1) is 36.4 Å². The average molecular weight is 1360 g/mol. The molecule has 6 nitrogen and oxygen atoms in total. The Morgan fingerprint density at radius 3 is 1.01 bits per heavy atom. The first-order valence-corrected chi connectivity index (χ1v) is 23.3. The first-order chi connectivity index (χ1) is 36.3. The van der Waals surface area contributed by atoms with E-state index in [-0.39, 0.29) is 51.3 Å². The van der Waals surface area contributed by atoms with E-state index in [0.717, 1.165) is 57.9 Å². The summed E-state index contributed by atoms with van der Waals surface area (Å²) in [6.07, 6.45) is 10.9. The Balaban J connectivity index is 0.000000150. The summed E-state index contributed by atoms with van der Waals surface area (Å²) in [5.41, 5.74) is 12.6. The Labute approximate surface area is 465 Å². The van der Waals surface area contributed by atoms with Crippen molar-refractivity contribution in [3.05, 3.63) is 303 Å². The van der Waals surface area contributed by atoms with E-state index in [9.17, 15) is 17.6 Å². The number of halogens is 4. The molecule has 0 bridgehead atoms. The van der Waals surface area contributed by atoms with Crippen LogP contribution in [0.5, 0.6) is 0 Å². The second-order valence-electron chi connectivity index (χ2n) is 16.2. The van der Waals surface area contributed by atoms with Crippen LogP contribution in [0.25, 0.3) is 78.4 Å². The minimum Gasteiger partial charge on any atom is -0.305 e. The monoisotopic (exact) mass is 1360 g/mol. The number of pyridine rings is 2. The van der Waals surface area contributed by atoms with Crippen LogP contribution in [0.3, 0.4) is 0 Å². The fourth-order valence-corrected chi connectivity index (χ4v) is 7.54. The molecule has 0 atom stereocenters. The van der Waals surface area contributed by atoms with Gasteiger partial charge in [0.2, 0.25) is 0 Å². The van der Waals surface area contributed by atoms with Gasteiger partial charge in [0.25, 0.3) is 0 Å². The first kappa shape index (κ1) is 55.3. The van der Waals surface area contributed by atoms with Crippen molar-refractivity contribution in [2.24, 2.45) is 0 Å². The molecule has 4 aromatic heterocycles. The molecule has 12 rings (SSSR count). The zero-order valence-electron chi connectivity index (χ0n) is 40.1. The third-order valence-corrected chi connectivity index (χ3v) is 11.3. The molecule has 0 fully saturated rings. The standard InChI is InChI=1S/2C21H15N2.2C11H6F2N.2Ir/c2*1-3-7-17(8-4-1)18-11-13-19(14-12-18)20-15-22-23(16-20)21-9-5-2-6-10-21;2*12-8-4-5-9(10(13)7-8)11-3-1-2-6-14-11;;/h2*1-9,11-16H;2*1-4,6-7H;;/q4*-1;;. The molecule has 0 saturated heterocycles. The van der Waals surface area contributed by atoms with E-state index in [4.69, 9.17) is 0 Å². The van der Waals surface area contributed by atoms with Crippen LogP contribution in [-0.4, -0.2) is 29.5 Å². The van der Waals surface area contributed by atoms with Gasteiger partial charge < -0.3 is 9.97 Å².